The highest BCUT2D eigenvalue weighted by molar-refractivity contribution is 5.85. The summed E-state index contributed by atoms with van der Waals surface area (Å²) in [4.78, 5) is 14.1. The quantitative estimate of drug-likeness (QED) is 0.594. The normalized spacial score (nSPS) is 21.0. The van der Waals surface area contributed by atoms with Gasteiger partial charge in [-0.3, -0.25) is 4.79 Å². The van der Waals surface area contributed by atoms with E-state index >= 15 is 0 Å². The van der Waals surface area contributed by atoms with E-state index in [1.165, 1.54) is 0 Å². The van der Waals surface area contributed by atoms with Crippen molar-refractivity contribution in [2.75, 3.05) is 19.7 Å². The molecule has 2 N–H and O–H groups in total. The van der Waals surface area contributed by atoms with Gasteiger partial charge in [0.15, 0.2) is 0 Å². The highest BCUT2D eigenvalue weighted by Crippen LogP contribution is 2.17. The zero-order chi connectivity index (χ0) is 12.7. The summed E-state index contributed by atoms with van der Waals surface area (Å²) in [6.45, 7) is 7.35. The fourth-order valence-corrected chi connectivity index (χ4v) is 2.17. The fourth-order valence-electron chi connectivity index (χ4n) is 2.17. The van der Waals surface area contributed by atoms with Crippen molar-refractivity contribution in [1.29, 1.82) is 0 Å². The van der Waals surface area contributed by atoms with E-state index in [0.717, 1.165) is 32.2 Å². The molecule has 2 atom stereocenters. The summed E-state index contributed by atoms with van der Waals surface area (Å²) < 4.78 is 5.49. The molecule has 1 heterocycles. The third-order valence-corrected chi connectivity index (χ3v) is 3.22. The summed E-state index contributed by atoms with van der Waals surface area (Å²) in [6, 6.07) is 0.196. The molecule has 4 nitrogen and oxygen atoms in total. The van der Waals surface area contributed by atoms with Crippen molar-refractivity contribution >= 4 is 18.3 Å². The van der Waals surface area contributed by atoms with E-state index in [9.17, 15) is 4.79 Å². The Morgan fingerprint density at radius 2 is 2.33 bits per heavy atom. The Morgan fingerprint density at radius 3 is 2.94 bits per heavy atom. The third-order valence-electron chi connectivity index (χ3n) is 3.22. The molecule has 0 spiro atoms. The van der Waals surface area contributed by atoms with Gasteiger partial charge in [-0.1, -0.05) is 6.08 Å². The monoisotopic (exact) mass is 276 g/mol. The zero-order valence-electron chi connectivity index (χ0n) is 11.1. The SMILES string of the molecule is C=CCCOC(C)C(=O)N1CCCCC1CN.Cl. The van der Waals surface area contributed by atoms with Gasteiger partial charge in [-0.05, 0) is 32.6 Å². The van der Waals surface area contributed by atoms with Crippen LogP contribution in [-0.2, 0) is 9.53 Å². The molecule has 106 valence electrons. The summed E-state index contributed by atoms with van der Waals surface area (Å²) >= 11 is 0. The largest absolute Gasteiger partial charge is 0.368 e. The second kappa shape index (κ2) is 9.36. The molecule has 1 saturated heterocycles. The van der Waals surface area contributed by atoms with Crippen LogP contribution in [0.25, 0.3) is 0 Å². The van der Waals surface area contributed by atoms with Gasteiger partial charge in [0.05, 0.1) is 6.61 Å². The average Bonchev–Trinajstić information content (AvgIpc) is 2.38. The predicted octanol–water partition coefficient (Wildman–Crippen LogP) is 1.73. The van der Waals surface area contributed by atoms with Crippen molar-refractivity contribution in [3.8, 4) is 0 Å². The molecule has 0 aromatic heterocycles. The van der Waals surface area contributed by atoms with E-state index in [-0.39, 0.29) is 30.5 Å². The highest BCUT2D eigenvalue weighted by Gasteiger charge is 2.28. The lowest BCUT2D eigenvalue weighted by atomic mass is 10.0. The molecule has 0 aromatic rings. The minimum Gasteiger partial charge on any atom is -0.368 e. The summed E-state index contributed by atoms with van der Waals surface area (Å²) in [7, 11) is 0. The van der Waals surface area contributed by atoms with Gasteiger partial charge < -0.3 is 15.4 Å². The summed E-state index contributed by atoms with van der Waals surface area (Å²) in [6.07, 6.45) is 5.45. The van der Waals surface area contributed by atoms with Crippen molar-refractivity contribution in [3.05, 3.63) is 12.7 Å². The molecule has 1 aliphatic heterocycles. The van der Waals surface area contributed by atoms with Crippen molar-refractivity contribution in [1.82, 2.24) is 4.90 Å². The Kier molecular flexibility index (Phi) is 9.06. The molecule has 1 aliphatic rings. The van der Waals surface area contributed by atoms with Gasteiger partial charge >= 0.3 is 0 Å². The van der Waals surface area contributed by atoms with Crippen LogP contribution in [-0.4, -0.2) is 42.6 Å². The molecule has 1 amide bonds. The van der Waals surface area contributed by atoms with Crippen molar-refractivity contribution < 1.29 is 9.53 Å². The molecule has 2 unspecified atom stereocenters. The van der Waals surface area contributed by atoms with Crippen LogP contribution in [0.15, 0.2) is 12.7 Å². The van der Waals surface area contributed by atoms with Crippen LogP contribution in [0.2, 0.25) is 0 Å². The van der Waals surface area contributed by atoms with Crippen LogP contribution >= 0.6 is 12.4 Å². The second-order valence-electron chi connectivity index (χ2n) is 4.51. The minimum atomic E-state index is -0.373. The maximum Gasteiger partial charge on any atom is 0.251 e. The van der Waals surface area contributed by atoms with Crippen molar-refractivity contribution in [3.63, 3.8) is 0 Å². The summed E-state index contributed by atoms with van der Waals surface area (Å²) in [5, 5.41) is 0. The third kappa shape index (κ3) is 4.96. The standard InChI is InChI=1S/C13H24N2O2.ClH/c1-3-4-9-17-11(2)13(16)15-8-6-5-7-12(15)10-14;/h3,11-12H,1,4-10,14H2,2H3;1H. The van der Waals surface area contributed by atoms with Gasteiger partial charge in [-0.15, -0.1) is 19.0 Å². The molecule has 0 bridgehead atoms. The van der Waals surface area contributed by atoms with E-state index < -0.39 is 0 Å². The first-order valence-electron chi connectivity index (χ1n) is 6.43. The Balaban J connectivity index is 0.00000289. The lowest BCUT2D eigenvalue weighted by molar-refractivity contribution is -0.146. The molecule has 0 saturated carbocycles. The number of nitrogens with zero attached hydrogens (tertiary/aromatic N) is 1. The molecule has 0 aromatic carbocycles. The number of nitrogens with two attached hydrogens (primary N) is 1. The maximum atomic E-state index is 12.2. The van der Waals surface area contributed by atoms with Gasteiger partial charge in [0.2, 0.25) is 0 Å². The molecular formula is C13H25ClN2O2. The maximum absolute atomic E-state index is 12.2. The number of amides is 1. The van der Waals surface area contributed by atoms with Crippen molar-refractivity contribution in [2.45, 2.75) is 44.8 Å². The van der Waals surface area contributed by atoms with Crippen LogP contribution < -0.4 is 5.73 Å². The van der Waals surface area contributed by atoms with Crippen LogP contribution in [0.1, 0.15) is 32.6 Å². The van der Waals surface area contributed by atoms with Crippen LogP contribution in [0.4, 0.5) is 0 Å². The molecule has 0 aliphatic carbocycles. The Labute approximate surface area is 116 Å². The first-order valence-corrected chi connectivity index (χ1v) is 6.43. The first-order chi connectivity index (χ1) is 8.20. The van der Waals surface area contributed by atoms with Gasteiger partial charge in [-0.2, -0.15) is 0 Å². The van der Waals surface area contributed by atoms with E-state index in [4.69, 9.17) is 10.5 Å². The van der Waals surface area contributed by atoms with Gasteiger partial charge in [0.1, 0.15) is 6.10 Å². The number of piperidine rings is 1. The van der Waals surface area contributed by atoms with Gasteiger partial charge in [0, 0.05) is 19.1 Å². The topological polar surface area (TPSA) is 55.6 Å². The van der Waals surface area contributed by atoms with E-state index in [1.54, 1.807) is 6.08 Å². The Morgan fingerprint density at radius 1 is 1.61 bits per heavy atom. The summed E-state index contributed by atoms with van der Waals surface area (Å²) in [5.41, 5.74) is 5.71. The Bertz CT molecular complexity index is 261. The number of hydrogen-bond donors (Lipinski definition) is 1. The van der Waals surface area contributed by atoms with E-state index in [2.05, 4.69) is 6.58 Å². The average molecular weight is 277 g/mol. The zero-order valence-corrected chi connectivity index (χ0v) is 12.0. The highest BCUT2D eigenvalue weighted by atomic mass is 35.5. The number of likely N-dealkylation sites (tertiary alicyclic amines) is 1. The first kappa shape index (κ1) is 17.4. The number of carbonyl (C=O) groups excluding carboxylic acids is 1. The number of carbonyl (C=O) groups is 1. The molecule has 1 rings (SSSR count). The lowest BCUT2D eigenvalue weighted by Crippen LogP contribution is -2.51. The van der Waals surface area contributed by atoms with Gasteiger partial charge in [-0.25, -0.2) is 0 Å². The molecular weight excluding hydrogens is 252 g/mol. The molecule has 0 radical (unpaired) electrons. The molecule has 5 heteroatoms. The van der Waals surface area contributed by atoms with Crippen LogP contribution in [0.5, 0.6) is 0 Å². The number of hydrogen-bond acceptors (Lipinski definition) is 3. The van der Waals surface area contributed by atoms with E-state index in [1.807, 2.05) is 11.8 Å². The second-order valence-corrected chi connectivity index (χ2v) is 4.51. The minimum absolute atomic E-state index is 0. The van der Waals surface area contributed by atoms with Crippen molar-refractivity contribution in [2.24, 2.45) is 5.73 Å². The number of ether oxygens (including phenoxy) is 1. The number of rotatable bonds is 6. The predicted molar refractivity (Wildman–Crippen MR) is 75.9 cm³/mol. The fraction of sp³-hybridized carbons (Fsp3) is 0.769. The Hall–Kier alpha value is -0.580. The molecule has 1 fully saturated rings. The lowest BCUT2D eigenvalue weighted by Gasteiger charge is -2.36. The van der Waals surface area contributed by atoms with E-state index in [0.29, 0.717) is 13.2 Å². The molecule has 18 heavy (non-hydrogen) atoms. The summed E-state index contributed by atoms with van der Waals surface area (Å²) in [5.74, 6) is 0.0733. The number of halogens is 1. The smallest absolute Gasteiger partial charge is 0.251 e. The van der Waals surface area contributed by atoms with Crippen LogP contribution in [0.3, 0.4) is 0 Å². The van der Waals surface area contributed by atoms with Crippen LogP contribution in [0, 0.1) is 0 Å². The van der Waals surface area contributed by atoms with Gasteiger partial charge in [0.25, 0.3) is 5.91 Å².